The molecule has 26 heavy (non-hydrogen) atoms. The highest BCUT2D eigenvalue weighted by Crippen LogP contribution is 2.30. The number of halogens is 5. The van der Waals surface area contributed by atoms with Crippen LogP contribution in [0.5, 0.6) is 5.88 Å². The van der Waals surface area contributed by atoms with Gasteiger partial charge in [0, 0.05) is 22.5 Å². The Bertz CT molecular complexity index is 945. The number of rotatable bonds is 4. The number of fused-ring (bicyclic) bond motifs is 1. The third-order valence-corrected chi connectivity index (χ3v) is 3.59. The van der Waals surface area contributed by atoms with E-state index in [2.05, 4.69) is 15.5 Å². The van der Waals surface area contributed by atoms with E-state index in [1.165, 1.54) is 30.5 Å². The van der Waals surface area contributed by atoms with Gasteiger partial charge < -0.3 is 10.1 Å². The van der Waals surface area contributed by atoms with Crippen LogP contribution in [0.25, 0.3) is 10.8 Å². The van der Waals surface area contributed by atoms with Crippen LogP contribution in [0.1, 0.15) is 6.92 Å². The molecule has 0 saturated carbocycles. The van der Waals surface area contributed by atoms with Crippen LogP contribution in [0.4, 0.5) is 33.3 Å². The molecule has 3 aromatic rings. The normalized spacial score (nSPS) is 12.8. The highest BCUT2D eigenvalue weighted by atomic mass is 19.4. The van der Waals surface area contributed by atoms with Crippen LogP contribution in [0.15, 0.2) is 42.6 Å². The standard InChI is InChI=1S/C17H12F5N3O/c1-9(17(20,21)22)26-16-13-4-3-12(6-10(13)8-23-25-16)24-15-5-2-11(18)7-14(15)19/h2-9,24H,1H3/t9-/m0/s1. The van der Waals surface area contributed by atoms with Crippen molar-refractivity contribution < 1.29 is 26.7 Å². The van der Waals surface area contributed by atoms with Gasteiger partial charge in [-0.3, -0.25) is 0 Å². The van der Waals surface area contributed by atoms with Gasteiger partial charge in [0.05, 0.1) is 11.9 Å². The Morgan fingerprint density at radius 2 is 1.85 bits per heavy atom. The van der Waals surface area contributed by atoms with Crippen molar-refractivity contribution in [1.29, 1.82) is 0 Å². The lowest BCUT2D eigenvalue weighted by molar-refractivity contribution is -0.189. The van der Waals surface area contributed by atoms with Gasteiger partial charge in [0.2, 0.25) is 5.88 Å². The van der Waals surface area contributed by atoms with Crippen molar-refractivity contribution in [2.24, 2.45) is 0 Å². The van der Waals surface area contributed by atoms with Crippen LogP contribution in [-0.4, -0.2) is 22.5 Å². The molecule has 2 aromatic carbocycles. The van der Waals surface area contributed by atoms with Gasteiger partial charge in [-0.15, -0.1) is 5.10 Å². The summed E-state index contributed by atoms with van der Waals surface area (Å²) in [6.45, 7) is 0.869. The van der Waals surface area contributed by atoms with E-state index in [9.17, 15) is 22.0 Å². The second-order valence-electron chi connectivity index (χ2n) is 5.50. The van der Waals surface area contributed by atoms with Gasteiger partial charge in [-0.1, -0.05) is 0 Å². The SMILES string of the molecule is C[C@H](Oc1nncc2cc(Nc3ccc(F)cc3F)ccc12)C(F)(F)F. The monoisotopic (exact) mass is 369 g/mol. The predicted octanol–water partition coefficient (Wildman–Crippen LogP) is 4.98. The summed E-state index contributed by atoms with van der Waals surface area (Å²) in [5.74, 6) is -1.74. The van der Waals surface area contributed by atoms with Crippen LogP contribution in [0.2, 0.25) is 0 Å². The van der Waals surface area contributed by atoms with Crippen molar-refractivity contribution in [3.8, 4) is 5.88 Å². The Morgan fingerprint density at radius 1 is 1.08 bits per heavy atom. The highest BCUT2D eigenvalue weighted by molar-refractivity contribution is 5.89. The molecule has 0 amide bonds. The Morgan fingerprint density at radius 3 is 2.54 bits per heavy atom. The Balaban J connectivity index is 1.90. The quantitative estimate of drug-likeness (QED) is 0.659. The minimum Gasteiger partial charge on any atom is -0.463 e. The summed E-state index contributed by atoms with van der Waals surface area (Å²) < 4.78 is 69.5. The average Bonchev–Trinajstić information content (AvgIpc) is 2.56. The molecule has 0 saturated heterocycles. The van der Waals surface area contributed by atoms with Crippen molar-refractivity contribution in [3.05, 3.63) is 54.2 Å². The molecule has 0 radical (unpaired) electrons. The average molecular weight is 369 g/mol. The van der Waals surface area contributed by atoms with Crippen LogP contribution in [-0.2, 0) is 0 Å². The van der Waals surface area contributed by atoms with Gasteiger partial charge in [0.15, 0.2) is 6.10 Å². The van der Waals surface area contributed by atoms with Gasteiger partial charge in [-0.05, 0) is 37.3 Å². The molecule has 0 aliphatic rings. The Kier molecular flexibility index (Phi) is 4.62. The summed E-state index contributed by atoms with van der Waals surface area (Å²) in [4.78, 5) is 0. The van der Waals surface area contributed by atoms with Crippen LogP contribution >= 0.6 is 0 Å². The fraction of sp³-hybridized carbons (Fsp3) is 0.176. The maximum absolute atomic E-state index is 13.7. The number of aromatic nitrogens is 2. The van der Waals surface area contributed by atoms with Gasteiger partial charge in [-0.2, -0.15) is 18.3 Å². The van der Waals surface area contributed by atoms with E-state index in [1.807, 2.05) is 0 Å². The summed E-state index contributed by atoms with van der Waals surface area (Å²) in [6.07, 6.45) is -5.24. The molecule has 4 nitrogen and oxygen atoms in total. The first kappa shape index (κ1) is 17.8. The van der Waals surface area contributed by atoms with E-state index >= 15 is 0 Å². The van der Waals surface area contributed by atoms with Crippen LogP contribution < -0.4 is 10.1 Å². The van der Waals surface area contributed by atoms with Crippen molar-refractivity contribution in [2.45, 2.75) is 19.2 Å². The molecule has 1 atom stereocenters. The fourth-order valence-corrected chi connectivity index (χ4v) is 2.21. The molecular weight excluding hydrogens is 357 g/mol. The first-order valence-electron chi connectivity index (χ1n) is 7.45. The van der Waals surface area contributed by atoms with Crippen molar-refractivity contribution >= 4 is 22.1 Å². The minimum absolute atomic E-state index is 0.0509. The van der Waals surface area contributed by atoms with E-state index in [1.54, 1.807) is 0 Å². The molecule has 0 bridgehead atoms. The molecule has 0 fully saturated rings. The number of hydrogen-bond acceptors (Lipinski definition) is 4. The fourth-order valence-electron chi connectivity index (χ4n) is 2.21. The first-order chi connectivity index (χ1) is 12.2. The predicted molar refractivity (Wildman–Crippen MR) is 85.3 cm³/mol. The van der Waals surface area contributed by atoms with Crippen LogP contribution in [0.3, 0.4) is 0 Å². The van der Waals surface area contributed by atoms with Gasteiger partial charge in [-0.25, -0.2) is 8.78 Å². The zero-order valence-electron chi connectivity index (χ0n) is 13.3. The van der Waals surface area contributed by atoms with Crippen molar-refractivity contribution in [2.75, 3.05) is 5.32 Å². The summed E-state index contributed by atoms with van der Waals surface area (Å²) in [7, 11) is 0. The maximum atomic E-state index is 13.7. The molecule has 0 aliphatic heterocycles. The molecule has 1 heterocycles. The number of alkyl halides is 3. The second-order valence-corrected chi connectivity index (χ2v) is 5.50. The second kappa shape index (κ2) is 6.74. The summed E-state index contributed by atoms with van der Waals surface area (Å²) in [6, 6.07) is 7.60. The summed E-state index contributed by atoms with van der Waals surface area (Å²) in [5, 5.41) is 10.8. The van der Waals surface area contributed by atoms with E-state index in [-0.39, 0.29) is 11.6 Å². The minimum atomic E-state index is -4.54. The molecule has 0 spiro atoms. The Labute approximate surface area is 144 Å². The molecule has 9 heteroatoms. The molecule has 1 N–H and O–H groups in total. The lowest BCUT2D eigenvalue weighted by atomic mass is 10.1. The third kappa shape index (κ3) is 3.81. The highest BCUT2D eigenvalue weighted by Gasteiger charge is 2.38. The smallest absolute Gasteiger partial charge is 0.425 e. The Hall–Kier alpha value is -2.97. The van der Waals surface area contributed by atoms with Gasteiger partial charge >= 0.3 is 6.18 Å². The molecule has 0 aliphatic carbocycles. The number of hydrogen-bond donors (Lipinski definition) is 1. The number of nitrogens with zero attached hydrogens (tertiary/aromatic N) is 2. The molecule has 1 aromatic heterocycles. The zero-order valence-corrected chi connectivity index (χ0v) is 13.3. The zero-order chi connectivity index (χ0) is 18.9. The van der Waals surface area contributed by atoms with Crippen molar-refractivity contribution in [3.63, 3.8) is 0 Å². The van der Waals surface area contributed by atoms with Gasteiger partial charge in [0.25, 0.3) is 0 Å². The van der Waals surface area contributed by atoms with E-state index in [0.717, 1.165) is 19.1 Å². The van der Waals surface area contributed by atoms with E-state index < -0.39 is 23.9 Å². The number of ether oxygens (including phenoxy) is 1. The van der Waals surface area contributed by atoms with Crippen molar-refractivity contribution in [1.82, 2.24) is 10.2 Å². The largest absolute Gasteiger partial charge is 0.463 e. The molecule has 0 unspecified atom stereocenters. The summed E-state index contributed by atoms with van der Waals surface area (Å²) >= 11 is 0. The lowest BCUT2D eigenvalue weighted by Crippen LogP contribution is -2.31. The van der Waals surface area contributed by atoms with Gasteiger partial charge in [0.1, 0.15) is 11.6 Å². The molecule has 136 valence electrons. The number of benzene rings is 2. The topological polar surface area (TPSA) is 47.0 Å². The summed E-state index contributed by atoms with van der Waals surface area (Å²) in [5.41, 5.74) is 0.487. The molecule has 3 rings (SSSR count). The van der Waals surface area contributed by atoms with E-state index in [4.69, 9.17) is 4.74 Å². The molecular formula is C17H12F5N3O. The number of nitrogens with one attached hydrogen (secondary N) is 1. The maximum Gasteiger partial charge on any atom is 0.425 e. The number of anilines is 2. The first-order valence-corrected chi connectivity index (χ1v) is 7.45. The van der Waals surface area contributed by atoms with E-state index in [0.29, 0.717) is 16.5 Å². The third-order valence-electron chi connectivity index (χ3n) is 3.59. The lowest BCUT2D eigenvalue weighted by Gasteiger charge is -2.17. The van der Waals surface area contributed by atoms with Crippen LogP contribution in [0, 0.1) is 11.6 Å².